The molecular formula is C15H17BrS. The normalized spacial score (nSPS) is 12.6. The summed E-state index contributed by atoms with van der Waals surface area (Å²) in [4.78, 5) is 1.92. The lowest BCUT2D eigenvalue weighted by Gasteiger charge is -2.10. The molecule has 0 spiro atoms. The van der Waals surface area contributed by atoms with Crippen LogP contribution in [0.25, 0.3) is 0 Å². The highest BCUT2D eigenvalue weighted by Crippen LogP contribution is 2.33. The molecule has 0 amide bonds. The SMILES string of the molecule is CCc1ccsc1C(Br)Cc1ccc(C)cc1. The van der Waals surface area contributed by atoms with Crippen LogP contribution in [0.3, 0.4) is 0 Å². The molecule has 90 valence electrons. The van der Waals surface area contributed by atoms with Crippen molar-refractivity contribution >= 4 is 27.3 Å². The van der Waals surface area contributed by atoms with E-state index in [1.165, 1.54) is 21.6 Å². The van der Waals surface area contributed by atoms with E-state index in [1.54, 1.807) is 0 Å². The lowest BCUT2D eigenvalue weighted by Crippen LogP contribution is -1.96. The molecule has 0 saturated heterocycles. The molecule has 0 bridgehead atoms. The third-order valence-electron chi connectivity index (χ3n) is 2.98. The van der Waals surface area contributed by atoms with Gasteiger partial charge in [0.25, 0.3) is 0 Å². The quantitative estimate of drug-likeness (QED) is 0.673. The average molecular weight is 309 g/mol. The highest BCUT2D eigenvalue weighted by Gasteiger charge is 2.13. The summed E-state index contributed by atoms with van der Waals surface area (Å²) < 4.78 is 0. The summed E-state index contributed by atoms with van der Waals surface area (Å²) in [7, 11) is 0. The van der Waals surface area contributed by atoms with Gasteiger partial charge in [0.05, 0.1) is 4.83 Å². The van der Waals surface area contributed by atoms with Crippen molar-refractivity contribution in [2.75, 3.05) is 0 Å². The number of aryl methyl sites for hydroxylation is 2. The van der Waals surface area contributed by atoms with Gasteiger partial charge in [0.15, 0.2) is 0 Å². The summed E-state index contributed by atoms with van der Waals surface area (Å²) in [6, 6.07) is 11.1. The fraction of sp³-hybridized carbons (Fsp3) is 0.333. The summed E-state index contributed by atoms with van der Waals surface area (Å²) in [5.74, 6) is 0. The number of halogens is 1. The van der Waals surface area contributed by atoms with E-state index < -0.39 is 0 Å². The molecule has 0 N–H and O–H groups in total. The van der Waals surface area contributed by atoms with Crippen LogP contribution in [-0.2, 0) is 12.8 Å². The zero-order valence-electron chi connectivity index (χ0n) is 10.2. The van der Waals surface area contributed by atoms with E-state index in [2.05, 4.69) is 65.5 Å². The molecule has 2 rings (SSSR count). The van der Waals surface area contributed by atoms with Crippen molar-refractivity contribution in [1.82, 2.24) is 0 Å². The Kier molecular flexibility index (Phi) is 4.41. The summed E-state index contributed by atoms with van der Waals surface area (Å²) in [6.45, 7) is 4.35. The zero-order valence-corrected chi connectivity index (χ0v) is 12.6. The molecule has 0 aliphatic carbocycles. The van der Waals surface area contributed by atoms with Gasteiger partial charge in [-0.05, 0) is 42.3 Å². The van der Waals surface area contributed by atoms with Gasteiger partial charge in [-0.25, -0.2) is 0 Å². The standard InChI is InChI=1S/C15H17BrS/c1-3-13-8-9-17-15(13)14(16)10-12-6-4-11(2)5-7-12/h4-9,14H,3,10H2,1-2H3. The second kappa shape index (κ2) is 5.83. The molecule has 0 fully saturated rings. The Morgan fingerprint density at radius 1 is 1.18 bits per heavy atom. The predicted octanol–water partition coefficient (Wildman–Crippen LogP) is 5.30. The van der Waals surface area contributed by atoms with E-state index in [0.717, 1.165) is 12.8 Å². The number of rotatable bonds is 4. The first-order chi connectivity index (χ1) is 8.20. The number of thiophene rings is 1. The molecule has 0 aliphatic heterocycles. The van der Waals surface area contributed by atoms with Crippen molar-refractivity contribution in [2.45, 2.75) is 31.5 Å². The van der Waals surface area contributed by atoms with Gasteiger partial charge in [-0.15, -0.1) is 11.3 Å². The minimum absolute atomic E-state index is 0.445. The lowest BCUT2D eigenvalue weighted by molar-refractivity contribution is 0.945. The monoisotopic (exact) mass is 308 g/mol. The minimum atomic E-state index is 0.445. The van der Waals surface area contributed by atoms with Crippen molar-refractivity contribution in [1.29, 1.82) is 0 Å². The summed E-state index contributed by atoms with van der Waals surface area (Å²) in [6.07, 6.45) is 2.18. The van der Waals surface area contributed by atoms with Gasteiger partial charge in [0.1, 0.15) is 0 Å². The Balaban J connectivity index is 2.11. The zero-order chi connectivity index (χ0) is 12.3. The van der Waals surface area contributed by atoms with Gasteiger partial charge in [-0.3, -0.25) is 0 Å². The van der Waals surface area contributed by atoms with Crippen LogP contribution in [-0.4, -0.2) is 0 Å². The van der Waals surface area contributed by atoms with Crippen molar-refractivity contribution in [3.05, 3.63) is 57.3 Å². The van der Waals surface area contributed by atoms with Gasteiger partial charge in [0.2, 0.25) is 0 Å². The second-order valence-corrected chi connectivity index (χ2v) is 6.37. The molecule has 2 aromatic rings. The maximum atomic E-state index is 3.82. The van der Waals surface area contributed by atoms with Crippen LogP contribution in [0.5, 0.6) is 0 Å². The topological polar surface area (TPSA) is 0 Å². The molecule has 0 aliphatic rings. The van der Waals surface area contributed by atoms with E-state index in [9.17, 15) is 0 Å². The molecule has 2 heteroatoms. The fourth-order valence-electron chi connectivity index (χ4n) is 1.94. The van der Waals surface area contributed by atoms with Crippen molar-refractivity contribution in [3.8, 4) is 0 Å². The van der Waals surface area contributed by atoms with E-state index in [0.29, 0.717) is 4.83 Å². The lowest BCUT2D eigenvalue weighted by atomic mass is 10.0. The third kappa shape index (κ3) is 3.20. The second-order valence-electron chi connectivity index (χ2n) is 4.32. The summed E-state index contributed by atoms with van der Waals surface area (Å²) in [5.41, 5.74) is 4.20. The van der Waals surface area contributed by atoms with Crippen molar-refractivity contribution in [2.24, 2.45) is 0 Å². The maximum absolute atomic E-state index is 3.82. The first-order valence-corrected chi connectivity index (χ1v) is 7.76. The fourth-order valence-corrected chi connectivity index (χ4v) is 3.90. The number of benzene rings is 1. The van der Waals surface area contributed by atoms with Crippen LogP contribution in [0.2, 0.25) is 0 Å². The Bertz CT molecular complexity index is 470. The summed E-state index contributed by atoms with van der Waals surface area (Å²) >= 11 is 5.68. The molecule has 17 heavy (non-hydrogen) atoms. The Hall–Kier alpha value is -0.600. The molecule has 0 radical (unpaired) electrons. The van der Waals surface area contributed by atoms with Gasteiger partial charge >= 0.3 is 0 Å². The van der Waals surface area contributed by atoms with Gasteiger partial charge < -0.3 is 0 Å². The number of hydrogen-bond acceptors (Lipinski definition) is 1. The molecule has 0 saturated carbocycles. The first-order valence-electron chi connectivity index (χ1n) is 5.96. The Labute approximate surface area is 116 Å². The van der Waals surface area contributed by atoms with Crippen LogP contribution in [0, 0.1) is 6.92 Å². The molecule has 0 nitrogen and oxygen atoms in total. The number of hydrogen-bond donors (Lipinski definition) is 0. The largest absolute Gasteiger partial charge is 0.147 e. The molecule has 1 aromatic heterocycles. The van der Waals surface area contributed by atoms with E-state index in [1.807, 2.05) is 11.3 Å². The molecular weight excluding hydrogens is 292 g/mol. The van der Waals surface area contributed by atoms with Gasteiger partial charge in [-0.1, -0.05) is 52.7 Å². The van der Waals surface area contributed by atoms with Crippen LogP contribution in [0.4, 0.5) is 0 Å². The molecule has 1 atom stereocenters. The van der Waals surface area contributed by atoms with E-state index in [4.69, 9.17) is 0 Å². The minimum Gasteiger partial charge on any atom is -0.147 e. The highest BCUT2D eigenvalue weighted by atomic mass is 79.9. The van der Waals surface area contributed by atoms with Gasteiger partial charge in [-0.2, -0.15) is 0 Å². The smallest absolute Gasteiger partial charge is 0.0532 e. The third-order valence-corrected chi connectivity index (χ3v) is 5.14. The highest BCUT2D eigenvalue weighted by molar-refractivity contribution is 9.09. The molecule has 1 heterocycles. The Morgan fingerprint density at radius 3 is 2.53 bits per heavy atom. The van der Waals surface area contributed by atoms with Crippen LogP contribution >= 0.6 is 27.3 Å². The van der Waals surface area contributed by atoms with Gasteiger partial charge in [0, 0.05) is 4.88 Å². The summed E-state index contributed by atoms with van der Waals surface area (Å²) in [5, 5.41) is 2.19. The van der Waals surface area contributed by atoms with E-state index in [-0.39, 0.29) is 0 Å². The van der Waals surface area contributed by atoms with Crippen molar-refractivity contribution < 1.29 is 0 Å². The van der Waals surface area contributed by atoms with Crippen LogP contribution < -0.4 is 0 Å². The van der Waals surface area contributed by atoms with Crippen LogP contribution in [0.15, 0.2) is 35.7 Å². The number of alkyl halides is 1. The predicted molar refractivity (Wildman–Crippen MR) is 80.2 cm³/mol. The van der Waals surface area contributed by atoms with E-state index >= 15 is 0 Å². The average Bonchev–Trinajstić information content (AvgIpc) is 2.80. The first kappa shape index (κ1) is 12.8. The maximum Gasteiger partial charge on any atom is 0.0532 e. The van der Waals surface area contributed by atoms with Crippen molar-refractivity contribution in [3.63, 3.8) is 0 Å². The molecule has 1 aromatic carbocycles. The molecule has 1 unspecified atom stereocenters. The van der Waals surface area contributed by atoms with Crippen LogP contribution in [0.1, 0.15) is 33.3 Å². The Morgan fingerprint density at radius 2 is 1.88 bits per heavy atom.